The van der Waals surface area contributed by atoms with Crippen LogP contribution in [0.2, 0.25) is 5.02 Å². The number of carboxylic acid groups (broad SMARTS) is 1. The van der Waals surface area contributed by atoms with Crippen LogP contribution in [-0.4, -0.2) is 29.6 Å². The van der Waals surface area contributed by atoms with Crippen molar-refractivity contribution in [3.63, 3.8) is 0 Å². The zero-order valence-corrected chi connectivity index (χ0v) is 13.9. The maximum absolute atomic E-state index is 12.2. The SMILES string of the molecule is CCOc1c(Cl)cccc1CC(=O)NC1CCC(C(=O)O)CC1. The van der Waals surface area contributed by atoms with E-state index in [1.54, 1.807) is 12.1 Å². The Labute approximate surface area is 141 Å². The van der Waals surface area contributed by atoms with Gasteiger partial charge in [0.1, 0.15) is 5.75 Å². The number of carbonyl (C=O) groups excluding carboxylic acids is 1. The van der Waals surface area contributed by atoms with Gasteiger partial charge in [-0.05, 0) is 38.7 Å². The molecule has 2 rings (SSSR count). The second-order valence-corrected chi connectivity index (χ2v) is 6.20. The normalized spacial score (nSPS) is 20.8. The molecular formula is C17H22ClNO4. The van der Waals surface area contributed by atoms with Crippen LogP contribution >= 0.6 is 11.6 Å². The number of carboxylic acids is 1. The first-order valence-electron chi connectivity index (χ1n) is 7.93. The zero-order chi connectivity index (χ0) is 16.8. The Kier molecular flexibility index (Phi) is 6.28. The van der Waals surface area contributed by atoms with E-state index in [9.17, 15) is 9.59 Å². The lowest BCUT2D eigenvalue weighted by Gasteiger charge is -2.27. The van der Waals surface area contributed by atoms with Gasteiger partial charge < -0.3 is 15.2 Å². The summed E-state index contributed by atoms with van der Waals surface area (Å²) in [5.41, 5.74) is 0.760. The van der Waals surface area contributed by atoms with Crippen LogP contribution in [0, 0.1) is 5.92 Å². The lowest BCUT2D eigenvalue weighted by molar-refractivity contribution is -0.142. The van der Waals surface area contributed by atoms with E-state index in [2.05, 4.69) is 5.32 Å². The summed E-state index contributed by atoms with van der Waals surface area (Å²) in [5, 5.41) is 12.5. The quantitative estimate of drug-likeness (QED) is 0.835. The molecule has 0 aromatic heterocycles. The highest BCUT2D eigenvalue weighted by atomic mass is 35.5. The van der Waals surface area contributed by atoms with E-state index in [1.165, 1.54) is 0 Å². The van der Waals surface area contributed by atoms with Gasteiger partial charge in [0.25, 0.3) is 0 Å². The predicted molar refractivity (Wildman–Crippen MR) is 87.8 cm³/mol. The van der Waals surface area contributed by atoms with Crippen molar-refractivity contribution >= 4 is 23.5 Å². The third-order valence-electron chi connectivity index (χ3n) is 4.13. The Hall–Kier alpha value is -1.75. The fourth-order valence-corrected chi connectivity index (χ4v) is 3.18. The van der Waals surface area contributed by atoms with Gasteiger partial charge in [-0.2, -0.15) is 0 Å². The van der Waals surface area contributed by atoms with Crippen molar-refractivity contribution in [2.45, 2.75) is 45.1 Å². The van der Waals surface area contributed by atoms with Crippen molar-refractivity contribution in [1.82, 2.24) is 5.32 Å². The van der Waals surface area contributed by atoms with Crippen LogP contribution in [0.3, 0.4) is 0 Å². The van der Waals surface area contributed by atoms with Gasteiger partial charge in [0.15, 0.2) is 0 Å². The second kappa shape index (κ2) is 8.20. The van der Waals surface area contributed by atoms with Crippen LogP contribution in [0.15, 0.2) is 18.2 Å². The molecule has 2 N–H and O–H groups in total. The van der Waals surface area contributed by atoms with Gasteiger partial charge in [-0.3, -0.25) is 9.59 Å². The minimum absolute atomic E-state index is 0.0489. The van der Waals surface area contributed by atoms with Crippen molar-refractivity contribution in [1.29, 1.82) is 0 Å². The molecule has 0 radical (unpaired) electrons. The Morgan fingerprint density at radius 3 is 2.61 bits per heavy atom. The predicted octanol–water partition coefficient (Wildman–Crippen LogP) is 3.04. The Balaban J connectivity index is 1.91. The standard InChI is InChI=1S/C17H22ClNO4/c1-2-23-16-12(4-3-5-14(16)18)10-15(20)19-13-8-6-11(7-9-13)17(21)22/h3-5,11,13H,2,6-10H2,1H3,(H,19,20)(H,21,22). The molecule has 1 saturated carbocycles. The summed E-state index contributed by atoms with van der Waals surface area (Å²) >= 11 is 6.12. The largest absolute Gasteiger partial charge is 0.492 e. The number of nitrogens with one attached hydrogen (secondary N) is 1. The number of halogens is 1. The van der Waals surface area contributed by atoms with Crippen LogP contribution in [0.25, 0.3) is 0 Å². The summed E-state index contributed by atoms with van der Waals surface area (Å²) in [6, 6.07) is 5.41. The minimum Gasteiger partial charge on any atom is -0.492 e. The molecule has 5 nitrogen and oxygen atoms in total. The van der Waals surface area contributed by atoms with Gasteiger partial charge >= 0.3 is 5.97 Å². The number of hydrogen-bond acceptors (Lipinski definition) is 3. The van der Waals surface area contributed by atoms with Gasteiger partial charge in [0.2, 0.25) is 5.91 Å². The molecule has 0 aliphatic heterocycles. The van der Waals surface area contributed by atoms with Crippen LogP contribution in [0.1, 0.15) is 38.2 Å². The number of rotatable bonds is 6. The number of para-hydroxylation sites is 1. The summed E-state index contributed by atoms with van der Waals surface area (Å²) < 4.78 is 5.52. The summed E-state index contributed by atoms with van der Waals surface area (Å²) in [4.78, 5) is 23.2. The van der Waals surface area contributed by atoms with Crippen LogP contribution in [0.5, 0.6) is 5.75 Å². The van der Waals surface area contributed by atoms with Crippen LogP contribution in [0.4, 0.5) is 0 Å². The molecule has 1 aliphatic rings. The Bertz CT molecular complexity index is 568. The maximum Gasteiger partial charge on any atom is 0.306 e. The molecule has 1 amide bonds. The third-order valence-corrected chi connectivity index (χ3v) is 4.43. The fraction of sp³-hybridized carbons (Fsp3) is 0.529. The second-order valence-electron chi connectivity index (χ2n) is 5.79. The third kappa shape index (κ3) is 4.86. The molecule has 126 valence electrons. The molecule has 1 aliphatic carbocycles. The molecule has 0 bridgehead atoms. The topological polar surface area (TPSA) is 75.6 Å². The van der Waals surface area contributed by atoms with Gasteiger partial charge in [-0.15, -0.1) is 0 Å². The van der Waals surface area contributed by atoms with Crippen molar-refractivity contribution in [2.24, 2.45) is 5.92 Å². The van der Waals surface area contributed by atoms with Crippen molar-refractivity contribution in [3.8, 4) is 5.75 Å². The molecule has 0 heterocycles. The lowest BCUT2D eigenvalue weighted by Crippen LogP contribution is -2.39. The molecule has 0 unspecified atom stereocenters. The molecular weight excluding hydrogens is 318 g/mol. The molecule has 23 heavy (non-hydrogen) atoms. The van der Waals surface area contributed by atoms with Gasteiger partial charge in [-0.25, -0.2) is 0 Å². The van der Waals surface area contributed by atoms with E-state index in [0.717, 1.165) is 5.56 Å². The molecule has 0 saturated heterocycles. The monoisotopic (exact) mass is 339 g/mol. The highest BCUT2D eigenvalue weighted by Crippen LogP contribution is 2.29. The van der Waals surface area contributed by atoms with Crippen LogP contribution in [-0.2, 0) is 16.0 Å². The number of amides is 1. The number of ether oxygens (including phenoxy) is 1. The minimum atomic E-state index is -0.741. The average molecular weight is 340 g/mol. The van der Waals surface area contributed by atoms with E-state index >= 15 is 0 Å². The Morgan fingerprint density at radius 2 is 2.00 bits per heavy atom. The number of aliphatic carboxylic acids is 1. The molecule has 0 spiro atoms. The first-order chi connectivity index (χ1) is 11.0. The summed E-state index contributed by atoms with van der Waals surface area (Å²) in [6.07, 6.45) is 2.84. The molecule has 1 aromatic rings. The van der Waals surface area contributed by atoms with E-state index in [0.29, 0.717) is 43.1 Å². The highest BCUT2D eigenvalue weighted by molar-refractivity contribution is 6.32. The van der Waals surface area contributed by atoms with E-state index in [1.807, 2.05) is 13.0 Å². The van der Waals surface area contributed by atoms with Gasteiger partial charge in [0.05, 0.1) is 24.0 Å². The number of hydrogen-bond donors (Lipinski definition) is 2. The zero-order valence-electron chi connectivity index (χ0n) is 13.2. The molecule has 1 aromatic carbocycles. The smallest absolute Gasteiger partial charge is 0.306 e. The van der Waals surface area contributed by atoms with Crippen LogP contribution < -0.4 is 10.1 Å². The fourth-order valence-electron chi connectivity index (χ4n) is 2.94. The summed E-state index contributed by atoms with van der Waals surface area (Å²) in [6.45, 7) is 2.35. The van der Waals surface area contributed by atoms with Gasteiger partial charge in [0, 0.05) is 11.6 Å². The lowest BCUT2D eigenvalue weighted by atomic mass is 9.86. The molecule has 6 heteroatoms. The first-order valence-corrected chi connectivity index (χ1v) is 8.31. The summed E-state index contributed by atoms with van der Waals surface area (Å²) in [5.74, 6) is -0.552. The molecule has 1 fully saturated rings. The first kappa shape index (κ1) is 17.6. The number of benzene rings is 1. The van der Waals surface area contributed by atoms with E-state index < -0.39 is 5.97 Å². The number of carbonyl (C=O) groups is 2. The van der Waals surface area contributed by atoms with Crippen molar-refractivity contribution in [3.05, 3.63) is 28.8 Å². The summed E-state index contributed by atoms with van der Waals surface area (Å²) in [7, 11) is 0. The Morgan fingerprint density at radius 1 is 1.30 bits per heavy atom. The average Bonchev–Trinajstić information content (AvgIpc) is 2.51. The molecule has 0 atom stereocenters. The van der Waals surface area contributed by atoms with Gasteiger partial charge in [-0.1, -0.05) is 23.7 Å². The maximum atomic E-state index is 12.2. The van der Waals surface area contributed by atoms with E-state index in [-0.39, 0.29) is 24.3 Å². The van der Waals surface area contributed by atoms with E-state index in [4.69, 9.17) is 21.4 Å². The van der Waals surface area contributed by atoms with Crippen molar-refractivity contribution < 1.29 is 19.4 Å². The highest BCUT2D eigenvalue weighted by Gasteiger charge is 2.26. The van der Waals surface area contributed by atoms with Crippen molar-refractivity contribution in [2.75, 3.05) is 6.61 Å².